The molecular weight excluding hydrogens is 111 g/mol. The lowest BCUT2D eigenvalue weighted by atomic mass is 10.2. The van der Waals surface area contributed by atoms with E-state index in [0.29, 0.717) is 6.42 Å². The molecule has 43 valence electrons. The third kappa shape index (κ3) is 4.13. The number of hydrogen-bond donors (Lipinski definition) is 0. The zero-order valence-electron chi connectivity index (χ0n) is 4.48. The molecule has 0 saturated carbocycles. The van der Waals surface area contributed by atoms with E-state index < -0.39 is 6.17 Å². The molecule has 0 N–H and O–H groups in total. The van der Waals surface area contributed by atoms with E-state index in [1.54, 1.807) is 0 Å². The van der Waals surface area contributed by atoms with E-state index in [1.807, 2.05) is 6.92 Å². The van der Waals surface area contributed by atoms with E-state index in [2.05, 4.69) is 12.6 Å². The highest BCUT2D eigenvalue weighted by atomic mass is 32.1. The summed E-state index contributed by atoms with van der Waals surface area (Å²) in [5.74, 6) is 0.258. The van der Waals surface area contributed by atoms with Crippen LogP contribution < -0.4 is 0 Å². The van der Waals surface area contributed by atoms with E-state index in [4.69, 9.17) is 0 Å². The van der Waals surface area contributed by atoms with Crippen molar-refractivity contribution >= 4 is 12.6 Å². The van der Waals surface area contributed by atoms with Crippen molar-refractivity contribution in [1.82, 2.24) is 0 Å². The summed E-state index contributed by atoms with van der Waals surface area (Å²) in [7, 11) is 0. The zero-order valence-corrected chi connectivity index (χ0v) is 5.30. The van der Waals surface area contributed by atoms with Gasteiger partial charge in [-0.05, 0) is 6.42 Å². The molecule has 0 aliphatic carbocycles. The molecule has 2 heteroatoms. The minimum Gasteiger partial charge on any atom is -0.247 e. The molecule has 1 unspecified atom stereocenters. The molecule has 0 aliphatic heterocycles. The summed E-state index contributed by atoms with van der Waals surface area (Å²) < 4.78 is 12.0. The average Bonchev–Trinajstić information content (AvgIpc) is 1.68. The van der Waals surface area contributed by atoms with E-state index in [0.717, 1.165) is 6.42 Å². The first-order valence-electron chi connectivity index (χ1n) is 2.53. The standard InChI is InChI=1S/C5H10FS/c1-2-3-5(6)4-7/h5H,2-4H2,1H3. The Morgan fingerprint density at radius 1 is 1.71 bits per heavy atom. The second-order valence-electron chi connectivity index (χ2n) is 1.55. The Bertz CT molecular complexity index is 39.1. The highest BCUT2D eigenvalue weighted by Gasteiger charge is 1.98. The van der Waals surface area contributed by atoms with Gasteiger partial charge in [0.25, 0.3) is 0 Å². The van der Waals surface area contributed by atoms with Gasteiger partial charge in [-0.3, -0.25) is 0 Å². The summed E-state index contributed by atoms with van der Waals surface area (Å²) in [6.45, 7) is 1.96. The summed E-state index contributed by atoms with van der Waals surface area (Å²) in [5, 5.41) is 0. The normalized spacial score (nSPS) is 14.1. The van der Waals surface area contributed by atoms with Crippen molar-refractivity contribution in [2.24, 2.45) is 0 Å². The average molecular weight is 121 g/mol. The van der Waals surface area contributed by atoms with Crippen LogP contribution in [0.5, 0.6) is 0 Å². The zero-order chi connectivity index (χ0) is 5.70. The topological polar surface area (TPSA) is 0 Å². The molecule has 0 aromatic rings. The van der Waals surface area contributed by atoms with Gasteiger partial charge in [0, 0.05) is 5.75 Å². The monoisotopic (exact) mass is 121 g/mol. The first-order valence-corrected chi connectivity index (χ1v) is 3.11. The van der Waals surface area contributed by atoms with Gasteiger partial charge in [-0.15, -0.1) is 0 Å². The Labute approximate surface area is 49.5 Å². The molecule has 0 rings (SSSR count). The molecule has 1 atom stereocenters. The van der Waals surface area contributed by atoms with Crippen molar-refractivity contribution in [3.8, 4) is 0 Å². The lowest BCUT2D eigenvalue weighted by Crippen LogP contribution is -1.99. The van der Waals surface area contributed by atoms with Crippen LogP contribution in [0.2, 0.25) is 0 Å². The molecule has 0 aromatic heterocycles. The quantitative estimate of drug-likeness (QED) is 0.537. The third-order valence-electron chi connectivity index (χ3n) is 0.783. The molecule has 0 saturated heterocycles. The predicted molar refractivity (Wildman–Crippen MR) is 32.3 cm³/mol. The second-order valence-corrected chi connectivity index (χ2v) is 1.89. The minimum atomic E-state index is -0.736. The number of alkyl halides is 1. The van der Waals surface area contributed by atoms with Crippen LogP contribution in [0.4, 0.5) is 4.39 Å². The first kappa shape index (κ1) is 7.28. The van der Waals surface area contributed by atoms with Crippen LogP contribution >= 0.6 is 12.6 Å². The number of rotatable bonds is 3. The predicted octanol–water partition coefficient (Wildman–Crippen LogP) is 2.32. The van der Waals surface area contributed by atoms with Crippen molar-refractivity contribution in [2.45, 2.75) is 25.9 Å². The first-order chi connectivity index (χ1) is 3.31. The lowest BCUT2D eigenvalue weighted by molar-refractivity contribution is 0.345. The third-order valence-corrected chi connectivity index (χ3v) is 1.14. The van der Waals surface area contributed by atoms with Crippen molar-refractivity contribution in [1.29, 1.82) is 0 Å². The van der Waals surface area contributed by atoms with Gasteiger partial charge in [0.2, 0.25) is 0 Å². The highest BCUT2D eigenvalue weighted by molar-refractivity contribution is 7.80. The van der Waals surface area contributed by atoms with Gasteiger partial charge < -0.3 is 0 Å². The van der Waals surface area contributed by atoms with Crippen LogP contribution in [0.1, 0.15) is 19.8 Å². The largest absolute Gasteiger partial charge is 0.247 e. The van der Waals surface area contributed by atoms with Gasteiger partial charge >= 0.3 is 0 Å². The van der Waals surface area contributed by atoms with Crippen LogP contribution in [-0.4, -0.2) is 11.9 Å². The van der Waals surface area contributed by atoms with Gasteiger partial charge in [0.15, 0.2) is 0 Å². The van der Waals surface area contributed by atoms with E-state index >= 15 is 0 Å². The van der Waals surface area contributed by atoms with Crippen LogP contribution in [0.3, 0.4) is 0 Å². The molecule has 0 amide bonds. The number of halogens is 1. The van der Waals surface area contributed by atoms with Crippen LogP contribution in [0.25, 0.3) is 0 Å². The molecule has 1 radical (unpaired) electrons. The second kappa shape index (κ2) is 4.44. The van der Waals surface area contributed by atoms with Gasteiger partial charge in [-0.25, -0.2) is 4.39 Å². The Morgan fingerprint density at radius 2 is 2.29 bits per heavy atom. The minimum absolute atomic E-state index is 0.258. The summed E-state index contributed by atoms with van der Waals surface area (Å²) >= 11 is 4.47. The van der Waals surface area contributed by atoms with Crippen LogP contribution in [0.15, 0.2) is 0 Å². The molecular formula is C5H10FS. The fourth-order valence-corrected chi connectivity index (χ4v) is 0.563. The highest BCUT2D eigenvalue weighted by Crippen LogP contribution is 2.01. The molecule has 0 spiro atoms. The van der Waals surface area contributed by atoms with Gasteiger partial charge in [0.1, 0.15) is 6.17 Å². The fourth-order valence-electron chi connectivity index (χ4n) is 0.397. The maximum Gasteiger partial charge on any atom is 0.110 e. The van der Waals surface area contributed by atoms with Crippen molar-refractivity contribution in [3.05, 3.63) is 0 Å². The fraction of sp³-hybridized carbons (Fsp3) is 1.00. The maximum atomic E-state index is 12.0. The van der Waals surface area contributed by atoms with Crippen LogP contribution in [-0.2, 0) is 0 Å². The van der Waals surface area contributed by atoms with Crippen molar-refractivity contribution < 1.29 is 4.39 Å². The maximum absolute atomic E-state index is 12.0. The smallest absolute Gasteiger partial charge is 0.110 e. The van der Waals surface area contributed by atoms with Gasteiger partial charge in [-0.1, -0.05) is 26.0 Å². The van der Waals surface area contributed by atoms with Crippen molar-refractivity contribution in [3.63, 3.8) is 0 Å². The van der Waals surface area contributed by atoms with Crippen molar-refractivity contribution in [2.75, 3.05) is 5.75 Å². The SMILES string of the molecule is CCCC(F)C[S]. The van der Waals surface area contributed by atoms with E-state index in [9.17, 15) is 4.39 Å². The molecule has 0 nitrogen and oxygen atoms in total. The number of hydrogen-bond acceptors (Lipinski definition) is 0. The van der Waals surface area contributed by atoms with Gasteiger partial charge in [-0.2, -0.15) is 0 Å². The molecule has 7 heavy (non-hydrogen) atoms. The molecule has 0 aromatic carbocycles. The molecule has 0 heterocycles. The Hall–Kier alpha value is 0.280. The summed E-state index contributed by atoms with van der Waals surface area (Å²) in [4.78, 5) is 0. The van der Waals surface area contributed by atoms with Gasteiger partial charge in [0.05, 0.1) is 0 Å². The lowest BCUT2D eigenvalue weighted by Gasteiger charge is -1.97. The summed E-state index contributed by atoms with van der Waals surface area (Å²) in [6, 6.07) is 0. The summed E-state index contributed by atoms with van der Waals surface area (Å²) in [6.07, 6.45) is 0.793. The Kier molecular flexibility index (Phi) is 4.62. The van der Waals surface area contributed by atoms with E-state index in [1.165, 1.54) is 0 Å². The molecule has 0 aliphatic rings. The Balaban J connectivity index is 2.83. The van der Waals surface area contributed by atoms with E-state index in [-0.39, 0.29) is 5.75 Å². The van der Waals surface area contributed by atoms with Crippen LogP contribution in [0, 0.1) is 0 Å². The Morgan fingerprint density at radius 3 is 2.43 bits per heavy atom. The molecule has 0 fully saturated rings. The summed E-state index contributed by atoms with van der Waals surface area (Å²) in [5.41, 5.74) is 0. The molecule has 0 bridgehead atoms.